The number of allylic oxidation sites excluding steroid dienone is 1. The molecule has 10 atom stereocenters. The lowest BCUT2D eigenvalue weighted by atomic mass is 9.30. The van der Waals surface area contributed by atoms with Crippen LogP contribution < -0.4 is 21.7 Å². The van der Waals surface area contributed by atoms with E-state index in [1.165, 1.54) is 0 Å². The number of aliphatic carboxylic acids is 1. The minimum absolute atomic E-state index is 0.00946. The van der Waals surface area contributed by atoms with E-state index in [0.29, 0.717) is 19.3 Å². The maximum absolute atomic E-state index is 14.4. The SMILES string of the molecule is CC(C)C1=C2[C@H]3CC[C@@]4(N)C(C)(CC[C@H]5C(C)(C)C(OC(=O)[C@H]6C[C@@H](C(=O)O)C6(C)C)CC[C@@]54C)[C@]3(C)CC[C@@]2(NC(=O)C(C)(C)C(=O)NC2CCNCC2)CC1=O. The number of rotatable bonds is 8. The summed E-state index contributed by atoms with van der Waals surface area (Å²) >= 11 is 0. The summed E-state index contributed by atoms with van der Waals surface area (Å²) in [6.07, 6.45) is 8.28. The van der Waals surface area contributed by atoms with Crippen molar-refractivity contribution < 1.29 is 33.8 Å². The number of esters is 1. The number of nitrogens with one attached hydrogen (secondary N) is 3. The first-order chi connectivity index (χ1) is 26.7. The third-order valence-electron chi connectivity index (χ3n) is 19.1. The molecule has 0 aromatic rings. The highest BCUT2D eigenvalue weighted by Gasteiger charge is 2.75. The van der Waals surface area contributed by atoms with E-state index in [4.69, 9.17) is 10.5 Å². The van der Waals surface area contributed by atoms with E-state index < -0.39 is 39.7 Å². The van der Waals surface area contributed by atoms with Crippen LogP contribution in [0, 0.1) is 62.1 Å². The van der Waals surface area contributed by atoms with Crippen molar-refractivity contribution in [2.24, 2.45) is 67.8 Å². The van der Waals surface area contributed by atoms with Crippen molar-refractivity contribution in [1.82, 2.24) is 16.0 Å². The molecule has 0 aromatic carbocycles. The molecule has 0 aromatic heterocycles. The molecular formula is C47H74N4O7. The number of fused-ring (bicyclic) bond motifs is 7. The number of piperidine rings is 1. The zero-order chi connectivity index (χ0) is 42.8. The predicted molar refractivity (Wildman–Crippen MR) is 222 cm³/mol. The average Bonchev–Trinajstić information content (AvgIpc) is 3.42. The molecule has 58 heavy (non-hydrogen) atoms. The predicted octanol–water partition coefficient (Wildman–Crippen LogP) is 6.47. The Morgan fingerprint density at radius 3 is 2.09 bits per heavy atom. The van der Waals surface area contributed by atoms with Gasteiger partial charge in [0.15, 0.2) is 5.78 Å². The monoisotopic (exact) mass is 807 g/mol. The van der Waals surface area contributed by atoms with E-state index in [1.54, 1.807) is 13.8 Å². The van der Waals surface area contributed by atoms with E-state index in [-0.39, 0.29) is 81.5 Å². The highest BCUT2D eigenvalue weighted by Crippen LogP contribution is 2.76. The minimum Gasteiger partial charge on any atom is -0.481 e. The van der Waals surface area contributed by atoms with Gasteiger partial charge in [0.2, 0.25) is 11.8 Å². The number of ketones is 1. The van der Waals surface area contributed by atoms with Crippen molar-refractivity contribution >= 4 is 29.5 Å². The zero-order valence-corrected chi connectivity index (χ0v) is 37.4. The fraction of sp³-hybridized carbons (Fsp3) is 0.851. The van der Waals surface area contributed by atoms with Gasteiger partial charge in [-0.05, 0) is 148 Å². The van der Waals surface area contributed by atoms with E-state index in [2.05, 4.69) is 64.4 Å². The minimum atomic E-state index is -1.32. The van der Waals surface area contributed by atoms with Crippen molar-refractivity contribution in [1.29, 1.82) is 0 Å². The molecular weight excluding hydrogens is 733 g/mol. The Kier molecular flexibility index (Phi) is 10.4. The molecule has 6 aliphatic carbocycles. The summed E-state index contributed by atoms with van der Waals surface area (Å²) in [5.74, 6) is -2.37. The van der Waals surface area contributed by atoms with Gasteiger partial charge < -0.3 is 31.5 Å². The summed E-state index contributed by atoms with van der Waals surface area (Å²) < 4.78 is 6.41. The number of nitrogens with two attached hydrogens (primary N) is 1. The van der Waals surface area contributed by atoms with Gasteiger partial charge >= 0.3 is 11.9 Å². The summed E-state index contributed by atoms with van der Waals surface area (Å²) in [5, 5.41) is 19.6. The normalized spacial score (nSPS) is 41.9. The third-order valence-corrected chi connectivity index (χ3v) is 19.1. The Labute approximate surface area is 347 Å². The summed E-state index contributed by atoms with van der Waals surface area (Å²) in [6, 6.07) is 0.0332. The first-order valence-electron chi connectivity index (χ1n) is 22.6. The highest BCUT2D eigenvalue weighted by molar-refractivity contribution is 6.06. The molecule has 1 aliphatic heterocycles. The van der Waals surface area contributed by atoms with Crippen molar-refractivity contribution in [2.75, 3.05) is 13.1 Å². The van der Waals surface area contributed by atoms with Crippen LogP contribution in [0.2, 0.25) is 0 Å². The molecule has 1 saturated heterocycles. The third kappa shape index (κ3) is 5.87. The molecule has 1 heterocycles. The first-order valence-corrected chi connectivity index (χ1v) is 22.6. The zero-order valence-electron chi connectivity index (χ0n) is 37.4. The molecule has 0 spiro atoms. The topological polar surface area (TPSA) is 177 Å². The van der Waals surface area contributed by atoms with Gasteiger partial charge in [0.05, 0.1) is 17.4 Å². The number of carboxylic acids is 1. The molecule has 0 radical (unpaired) electrons. The molecule has 11 heteroatoms. The maximum Gasteiger partial charge on any atom is 0.309 e. The van der Waals surface area contributed by atoms with Crippen molar-refractivity contribution in [3.8, 4) is 0 Å². The fourth-order valence-corrected chi connectivity index (χ4v) is 14.8. The number of carbonyl (C=O) groups excluding carboxylic acids is 4. The van der Waals surface area contributed by atoms with E-state index in [0.717, 1.165) is 75.6 Å². The second-order valence-electron chi connectivity index (χ2n) is 22.8. The summed E-state index contributed by atoms with van der Waals surface area (Å²) in [7, 11) is 0. The fourth-order valence-electron chi connectivity index (χ4n) is 14.8. The van der Waals surface area contributed by atoms with Gasteiger partial charge in [-0.2, -0.15) is 0 Å². The number of carboxylic acid groups (broad SMARTS) is 1. The lowest BCUT2D eigenvalue weighted by Gasteiger charge is -2.76. The number of hydrogen-bond acceptors (Lipinski definition) is 8. The lowest BCUT2D eigenvalue weighted by molar-refractivity contribution is -0.245. The lowest BCUT2D eigenvalue weighted by Crippen LogP contribution is -2.79. The molecule has 7 rings (SSSR count). The van der Waals surface area contributed by atoms with Crippen LogP contribution in [0.1, 0.15) is 153 Å². The summed E-state index contributed by atoms with van der Waals surface area (Å²) in [5.41, 5.74) is 5.55. The van der Waals surface area contributed by atoms with E-state index >= 15 is 0 Å². The molecule has 11 nitrogen and oxygen atoms in total. The smallest absolute Gasteiger partial charge is 0.309 e. The van der Waals surface area contributed by atoms with Crippen LogP contribution >= 0.6 is 0 Å². The van der Waals surface area contributed by atoms with Crippen LogP contribution in [0.3, 0.4) is 0 Å². The van der Waals surface area contributed by atoms with E-state index in [9.17, 15) is 29.1 Å². The van der Waals surface area contributed by atoms with Crippen molar-refractivity contribution in [2.45, 2.75) is 176 Å². The van der Waals surface area contributed by atoms with Gasteiger partial charge in [0.1, 0.15) is 11.5 Å². The highest BCUT2D eigenvalue weighted by atomic mass is 16.5. The van der Waals surface area contributed by atoms with Crippen molar-refractivity contribution in [3.63, 3.8) is 0 Å². The van der Waals surface area contributed by atoms with Gasteiger partial charge in [-0.1, -0.05) is 62.3 Å². The molecule has 2 amide bonds. The van der Waals surface area contributed by atoms with Crippen LogP contribution in [0.4, 0.5) is 0 Å². The largest absolute Gasteiger partial charge is 0.481 e. The maximum atomic E-state index is 14.4. The Morgan fingerprint density at radius 1 is 0.828 bits per heavy atom. The standard InChI is InChI=1S/C47H74N4O7/c1-26(2)34-31(52)25-46(51-39(57)42(7,8)38(56)50-27-15-22-49-23-16-27)21-20-43(9)28(35(34)46)12-19-47(48)44(10)17-14-33(41(5,6)32(44)13-18-45(43,47)11)58-37(55)30-24-29(36(53)54)40(30,3)4/h26-30,32-33,49H,12-25,48H2,1-11H3,(H,50,56)(H,51,57)(H,53,54)/t28-,29+,30-,32+,33?,43-,44+,45?,46-,47+/m1/s1. The van der Waals surface area contributed by atoms with Gasteiger partial charge in [0.25, 0.3) is 0 Å². The second-order valence-corrected chi connectivity index (χ2v) is 22.8. The Bertz CT molecular complexity index is 1800. The molecule has 0 bridgehead atoms. The number of ether oxygens (including phenoxy) is 1. The van der Waals surface area contributed by atoms with Gasteiger partial charge in [0, 0.05) is 23.4 Å². The van der Waals surface area contributed by atoms with Crippen LogP contribution in [0.25, 0.3) is 0 Å². The van der Waals surface area contributed by atoms with Gasteiger partial charge in [-0.25, -0.2) is 0 Å². The number of Topliss-reactive ketones (excluding diaryl/α,β-unsaturated/α-hetero) is 1. The Hall–Kier alpha value is -2.79. The molecule has 5 saturated carbocycles. The average molecular weight is 807 g/mol. The van der Waals surface area contributed by atoms with Gasteiger partial charge in [-0.3, -0.25) is 24.0 Å². The Morgan fingerprint density at radius 2 is 1.48 bits per heavy atom. The molecule has 2 unspecified atom stereocenters. The summed E-state index contributed by atoms with van der Waals surface area (Å²) in [4.78, 5) is 67.8. The molecule has 324 valence electrons. The number of amides is 2. The second kappa shape index (κ2) is 13.9. The van der Waals surface area contributed by atoms with Gasteiger partial charge in [-0.15, -0.1) is 0 Å². The van der Waals surface area contributed by atoms with E-state index in [1.807, 2.05) is 13.8 Å². The molecule has 6 N–H and O–H groups in total. The first kappa shape index (κ1) is 43.3. The molecule has 7 aliphatic rings. The van der Waals surface area contributed by atoms with Crippen LogP contribution in [0.15, 0.2) is 11.1 Å². The molecule has 6 fully saturated rings. The van der Waals surface area contributed by atoms with Crippen molar-refractivity contribution in [3.05, 3.63) is 11.1 Å². The Balaban J connectivity index is 1.16. The quantitative estimate of drug-likeness (QED) is 0.136. The van der Waals surface area contributed by atoms with Crippen LogP contribution in [-0.2, 0) is 28.7 Å². The number of hydrogen-bond donors (Lipinski definition) is 5. The van der Waals surface area contributed by atoms with Crippen LogP contribution in [-0.4, -0.2) is 71.0 Å². The summed E-state index contributed by atoms with van der Waals surface area (Å²) in [6.45, 7) is 24.7. The van der Waals surface area contributed by atoms with Crippen LogP contribution in [0.5, 0.6) is 0 Å². The number of carbonyl (C=O) groups is 5.